The molecule has 1 aromatic heterocycles. The quantitative estimate of drug-likeness (QED) is 0.755. The predicted octanol–water partition coefficient (Wildman–Crippen LogP) is 0.284. The Balaban J connectivity index is 1.96. The Morgan fingerprint density at radius 2 is 2.38 bits per heavy atom. The first-order chi connectivity index (χ1) is 7.75. The van der Waals surface area contributed by atoms with Crippen molar-refractivity contribution in [3.8, 4) is 0 Å². The van der Waals surface area contributed by atoms with E-state index in [0.29, 0.717) is 12.2 Å². The molecular formula is C11H14N2O3. The van der Waals surface area contributed by atoms with Crippen LogP contribution in [0.25, 0.3) is 0 Å². The first kappa shape index (κ1) is 10.9. The van der Waals surface area contributed by atoms with E-state index in [2.05, 4.69) is 10.3 Å². The lowest BCUT2D eigenvalue weighted by atomic mass is 10.1. The Labute approximate surface area is 92.8 Å². The van der Waals surface area contributed by atoms with E-state index in [4.69, 9.17) is 4.74 Å². The Kier molecular flexibility index (Phi) is 3.36. The number of carbonyl (C=O) groups is 1. The van der Waals surface area contributed by atoms with E-state index >= 15 is 0 Å². The third-order valence-corrected chi connectivity index (χ3v) is 2.54. The SMILES string of the molecule is O=C(NC1CCCOC1)c1ccc(=O)[nH]c1. The summed E-state index contributed by atoms with van der Waals surface area (Å²) in [5, 5.41) is 2.87. The maximum atomic E-state index is 11.7. The molecule has 2 rings (SSSR count). The number of hydrogen-bond acceptors (Lipinski definition) is 3. The minimum Gasteiger partial charge on any atom is -0.379 e. The van der Waals surface area contributed by atoms with Crippen molar-refractivity contribution in [2.24, 2.45) is 0 Å². The number of amides is 1. The van der Waals surface area contributed by atoms with Crippen molar-refractivity contribution in [3.05, 3.63) is 34.2 Å². The smallest absolute Gasteiger partial charge is 0.253 e. The van der Waals surface area contributed by atoms with Gasteiger partial charge in [0.25, 0.3) is 5.91 Å². The third-order valence-electron chi connectivity index (χ3n) is 2.54. The zero-order valence-electron chi connectivity index (χ0n) is 8.86. The highest BCUT2D eigenvalue weighted by Gasteiger charge is 2.16. The fraction of sp³-hybridized carbons (Fsp3) is 0.455. The molecule has 1 aliphatic heterocycles. The number of pyridine rings is 1. The van der Waals surface area contributed by atoms with Crippen LogP contribution in [0, 0.1) is 0 Å². The van der Waals surface area contributed by atoms with Crippen LogP contribution in [0.4, 0.5) is 0 Å². The van der Waals surface area contributed by atoms with Gasteiger partial charge < -0.3 is 15.0 Å². The molecule has 0 aromatic carbocycles. The van der Waals surface area contributed by atoms with Gasteiger partial charge in [0.15, 0.2) is 0 Å². The van der Waals surface area contributed by atoms with E-state index in [9.17, 15) is 9.59 Å². The predicted molar refractivity (Wildman–Crippen MR) is 58.4 cm³/mol. The van der Waals surface area contributed by atoms with E-state index in [-0.39, 0.29) is 17.5 Å². The minimum absolute atomic E-state index is 0.0770. The van der Waals surface area contributed by atoms with Crippen LogP contribution in [0.3, 0.4) is 0 Å². The molecule has 0 bridgehead atoms. The molecule has 5 heteroatoms. The Bertz CT molecular complexity index is 401. The standard InChI is InChI=1S/C11H14N2O3/c14-10-4-3-8(6-12-10)11(15)13-9-2-1-5-16-7-9/h3-4,6,9H,1-2,5,7H2,(H,12,14)(H,13,15). The number of nitrogens with one attached hydrogen (secondary N) is 2. The maximum Gasteiger partial charge on any atom is 0.253 e. The maximum absolute atomic E-state index is 11.7. The van der Waals surface area contributed by atoms with Crippen molar-refractivity contribution >= 4 is 5.91 Å². The van der Waals surface area contributed by atoms with Gasteiger partial charge in [-0.3, -0.25) is 9.59 Å². The summed E-state index contributed by atoms with van der Waals surface area (Å²) in [4.78, 5) is 25.0. The highest BCUT2D eigenvalue weighted by Crippen LogP contribution is 2.06. The van der Waals surface area contributed by atoms with Gasteiger partial charge in [-0.25, -0.2) is 0 Å². The molecule has 0 aliphatic carbocycles. The molecule has 0 spiro atoms. The van der Waals surface area contributed by atoms with Crippen molar-refractivity contribution in [1.82, 2.24) is 10.3 Å². The van der Waals surface area contributed by atoms with Gasteiger partial charge in [0.05, 0.1) is 18.2 Å². The van der Waals surface area contributed by atoms with Crippen LogP contribution < -0.4 is 10.9 Å². The summed E-state index contributed by atoms with van der Waals surface area (Å²) < 4.78 is 5.27. The molecule has 2 N–H and O–H groups in total. The van der Waals surface area contributed by atoms with Crippen LogP contribution in [-0.2, 0) is 4.74 Å². The fourth-order valence-electron chi connectivity index (χ4n) is 1.68. The number of ether oxygens (including phenoxy) is 1. The second-order valence-electron chi connectivity index (χ2n) is 3.83. The molecule has 5 nitrogen and oxygen atoms in total. The van der Waals surface area contributed by atoms with Crippen molar-refractivity contribution < 1.29 is 9.53 Å². The monoisotopic (exact) mass is 222 g/mol. The first-order valence-electron chi connectivity index (χ1n) is 5.33. The van der Waals surface area contributed by atoms with Crippen LogP contribution in [-0.4, -0.2) is 30.1 Å². The molecule has 1 saturated heterocycles. The largest absolute Gasteiger partial charge is 0.379 e. The normalized spacial score (nSPS) is 20.4. The van der Waals surface area contributed by atoms with E-state index in [1.54, 1.807) is 0 Å². The zero-order chi connectivity index (χ0) is 11.4. The fourth-order valence-corrected chi connectivity index (χ4v) is 1.68. The average Bonchev–Trinajstić information content (AvgIpc) is 2.31. The van der Waals surface area contributed by atoms with Gasteiger partial charge in [-0.2, -0.15) is 0 Å². The number of aromatic amines is 1. The molecule has 1 atom stereocenters. The molecule has 1 aliphatic rings. The summed E-state index contributed by atoms with van der Waals surface area (Å²) in [6.07, 6.45) is 3.33. The molecule has 1 amide bonds. The number of aromatic nitrogens is 1. The van der Waals surface area contributed by atoms with Crippen LogP contribution in [0.2, 0.25) is 0 Å². The topological polar surface area (TPSA) is 71.2 Å². The first-order valence-corrected chi connectivity index (χ1v) is 5.33. The lowest BCUT2D eigenvalue weighted by Crippen LogP contribution is -2.40. The highest BCUT2D eigenvalue weighted by atomic mass is 16.5. The minimum atomic E-state index is -0.211. The Morgan fingerprint density at radius 3 is 3.00 bits per heavy atom. The second-order valence-corrected chi connectivity index (χ2v) is 3.83. The average molecular weight is 222 g/mol. The number of rotatable bonds is 2. The molecule has 2 heterocycles. The van der Waals surface area contributed by atoms with Gasteiger partial charge in [-0.15, -0.1) is 0 Å². The van der Waals surface area contributed by atoms with Gasteiger partial charge in [0.1, 0.15) is 0 Å². The summed E-state index contributed by atoms with van der Waals surface area (Å²) in [5.74, 6) is -0.174. The highest BCUT2D eigenvalue weighted by molar-refractivity contribution is 5.93. The number of carbonyl (C=O) groups excluding carboxylic acids is 1. The van der Waals surface area contributed by atoms with Crippen molar-refractivity contribution in [2.45, 2.75) is 18.9 Å². The molecular weight excluding hydrogens is 208 g/mol. The van der Waals surface area contributed by atoms with E-state index in [1.165, 1.54) is 18.3 Å². The van der Waals surface area contributed by atoms with Gasteiger partial charge in [-0.1, -0.05) is 0 Å². The summed E-state index contributed by atoms with van der Waals surface area (Å²) in [6, 6.07) is 2.93. The van der Waals surface area contributed by atoms with Gasteiger partial charge >= 0.3 is 0 Å². The van der Waals surface area contributed by atoms with E-state index in [0.717, 1.165) is 19.4 Å². The van der Waals surface area contributed by atoms with Crippen molar-refractivity contribution in [1.29, 1.82) is 0 Å². The summed E-state index contributed by atoms with van der Waals surface area (Å²) in [5.41, 5.74) is 0.253. The molecule has 16 heavy (non-hydrogen) atoms. The zero-order valence-corrected chi connectivity index (χ0v) is 8.86. The molecule has 0 saturated carbocycles. The molecule has 1 fully saturated rings. The second kappa shape index (κ2) is 4.94. The van der Waals surface area contributed by atoms with Gasteiger partial charge in [0, 0.05) is 18.9 Å². The lowest BCUT2D eigenvalue weighted by molar-refractivity contribution is 0.0624. The Hall–Kier alpha value is -1.62. The lowest BCUT2D eigenvalue weighted by Gasteiger charge is -2.22. The van der Waals surface area contributed by atoms with Gasteiger partial charge in [-0.05, 0) is 18.9 Å². The van der Waals surface area contributed by atoms with Crippen molar-refractivity contribution in [3.63, 3.8) is 0 Å². The summed E-state index contributed by atoms with van der Waals surface area (Å²) in [7, 11) is 0. The van der Waals surface area contributed by atoms with Gasteiger partial charge in [0.2, 0.25) is 5.56 Å². The number of H-pyrrole nitrogens is 1. The van der Waals surface area contributed by atoms with Crippen LogP contribution in [0.15, 0.2) is 23.1 Å². The number of hydrogen-bond donors (Lipinski definition) is 2. The third kappa shape index (κ3) is 2.70. The molecule has 1 unspecified atom stereocenters. The van der Waals surface area contributed by atoms with Crippen LogP contribution in [0.1, 0.15) is 23.2 Å². The van der Waals surface area contributed by atoms with E-state index < -0.39 is 0 Å². The summed E-state index contributed by atoms with van der Waals surface area (Å²) in [6.45, 7) is 1.33. The Morgan fingerprint density at radius 1 is 1.50 bits per heavy atom. The summed E-state index contributed by atoms with van der Waals surface area (Å²) >= 11 is 0. The van der Waals surface area contributed by atoms with Crippen molar-refractivity contribution in [2.75, 3.05) is 13.2 Å². The molecule has 0 radical (unpaired) electrons. The molecule has 1 aromatic rings. The van der Waals surface area contributed by atoms with E-state index in [1.807, 2.05) is 0 Å². The van der Waals surface area contributed by atoms with Crippen LogP contribution >= 0.6 is 0 Å². The van der Waals surface area contributed by atoms with Crippen LogP contribution in [0.5, 0.6) is 0 Å². The molecule has 86 valence electrons.